The number of carbonyl (C=O) groups is 2. The summed E-state index contributed by atoms with van der Waals surface area (Å²) in [5.74, 6) is 1.35. The van der Waals surface area contributed by atoms with Gasteiger partial charge in [0.1, 0.15) is 6.29 Å². The Hall–Kier alpha value is -1.12. The molecular formula is C17H26O3. The maximum atomic E-state index is 11.1. The summed E-state index contributed by atoms with van der Waals surface area (Å²) in [6.07, 6.45) is 15.0. The summed E-state index contributed by atoms with van der Waals surface area (Å²) < 4.78 is 4.66. The molecule has 2 aliphatic rings. The van der Waals surface area contributed by atoms with E-state index in [1.165, 1.54) is 26.4 Å². The molecule has 0 aromatic rings. The van der Waals surface area contributed by atoms with Gasteiger partial charge in [-0.05, 0) is 49.4 Å². The lowest BCUT2D eigenvalue weighted by Gasteiger charge is -2.41. The van der Waals surface area contributed by atoms with Crippen molar-refractivity contribution in [1.82, 2.24) is 0 Å². The number of rotatable bonds is 7. The first kappa shape index (κ1) is 15.3. The van der Waals surface area contributed by atoms with E-state index in [0.717, 1.165) is 37.9 Å². The fourth-order valence-corrected chi connectivity index (χ4v) is 4.01. The van der Waals surface area contributed by atoms with E-state index in [9.17, 15) is 9.59 Å². The van der Waals surface area contributed by atoms with Crippen LogP contribution in [0.5, 0.6) is 0 Å². The first-order valence-electron chi connectivity index (χ1n) is 7.88. The number of ether oxygens (including phenoxy) is 1. The molecule has 1 saturated carbocycles. The fraction of sp³-hybridized carbons (Fsp3) is 0.765. The van der Waals surface area contributed by atoms with Crippen LogP contribution in [0.15, 0.2) is 12.2 Å². The van der Waals surface area contributed by atoms with E-state index in [2.05, 4.69) is 16.9 Å². The van der Waals surface area contributed by atoms with E-state index in [1.807, 2.05) is 0 Å². The highest BCUT2D eigenvalue weighted by Crippen LogP contribution is 2.52. The molecule has 0 N–H and O–H groups in total. The SMILES string of the molecule is COC(=O)CCCC[C@@H]1CC[C@@]2(CC=O)C=CC[C@@H]2C1. The molecule has 112 valence electrons. The minimum Gasteiger partial charge on any atom is -0.469 e. The van der Waals surface area contributed by atoms with Crippen molar-refractivity contribution >= 4 is 12.3 Å². The Kier molecular flexibility index (Phi) is 5.38. The summed E-state index contributed by atoms with van der Waals surface area (Å²) >= 11 is 0. The van der Waals surface area contributed by atoms with Gasteiger partial charge in [0.2, 0.25) is 0 Å². The summed E-state index contributed by atoms with van der Waals surface area (Å²) in [4.78, 5) is 22.0. The number of methoxy groups -OCH3 is 1. The molecule has 0 spiro atoms. The van der Waals surface area contributed by atoms with Gasteiger partial charge in [0.25, 0.3) is 0 Å². The van der Waals surface area contributed by atoms with Gasteiger partial charge in [0, 0.05) is 12.8 Å². The molecule has 0 heterocycles. The highest BCUT2D eigenvalue weighted by molar-refractivity contribution is 5.68. The van der Waals surface area contributed by atoms with Gasteiger partial charge in [-0.15, -0.1) is 0 Å². The Morgan fingerprint density at radius 3 is 3.05 bits per heavy atom. The molecule has 1 fully saturated rings. The first-order valence-corrected chi connectivity index (χ1v) is 7.88. The van der Waals surface area contributed by atoms with E-state index < -0.39 is 0 Å². The van der Waals surface area contributed by atoms with Gasteiger partial charge in [-0.2, -0.15) is 0 Å². The lowest BCUT2D eigenvalue weighted by Crippen LogP contribution is -2.33. The monoisotopic (exact) mass is 278 g/mol. The van der Waals surface area contributed by atoms with Crippen molar-refractivity contribution in [3.8, 4) is 0 Å². The van der Waals surface area contributed by atoms with Crippen molar-refractivity contribution in [2.75, 3.05) is 7.11 Å². The zero-order valence-electron chi connectivity index (χ0n) is 12.5. The summed E-state index contributed by atoms with van der Waals surface area (Å²) in [5.41, 5.74) is 0.185. The molecule has 3 heteroatoms. The van der Waals surface area contributed by atoms with Crippen LogP contribution in [0.3, 0.4) is 0 Å². The second-order valence-corrected chi connectivity index (χ2v) is 6.40. The van der Waals surface area contributed by atoms with Crippen molar-refractivity contribution in [2.24, 2.45) is 17.3 Å². The smallest absolute Gasteiger partial charge is 0.305 e. The van der Waals surface area contributed by atoms with Crippen LogP contribution in [0.4, 0.5) is 0 Å². The summed E-state index contributed by atoms with van der Waals surface area (Å²) in [6, 6.07) is 0. The quantitative estimate of drug-likeness (QED) is 0.309. The van der Waals surface area contributed by atoms with E-state index in [0.29, 0.717) is 18.8 Å². The molecule has 2 aliphatic carbocycles. The Balaban J connectivity index is 1.73. The van der Waals surface area contributed by atoms with Gasteiger partial charge in [-0.1, -0.05) is 25.0 Å². The second kappa shape index (κ2) is 7.05. The highest BCUT2D eigenvalue weighted by Gasteiger charge is 2.42. The molecule has 0 saturated heterocycles. The Morgan fingerprint density at radius 1 is 1.45 bits per heavy atom. The molecule has 3 nitrogen and oxygen atoms in total. The first-order chi connectivity index (χ1) is 9.70. The molecule has 20 heavy (non-hydrogen) atoms. The van der Waals surface area contributed by atoms with E-state index in [4.69, 9.17) is 0 Å². The van der Waals surface area contributed by atoms with Crippen LogP contribution in [0.25, 0.3) is 0 Å². The van der Waals surface area contributed by atoms with Crippen LogP contribution in [0.1, 0.15) is 57.8 Å². The van der Waals surface area contributed by atoms with Crippen LogP contribution in [0, 0.1) is 17.3 Å². The van der Waals surface area contributed by atoms with Gasteiger partial charge >= 0.3 is 5.97 Å². The predicted octanol–water partition coefficient (Wildman–Crippen LogP) is 3.67. The maximum absolute atomic E-state index is 11.1. The number of hydrogen-bond donors (Lipinski definition) is 0. The molecule has 0 aliphatic heterocycles. The lowest BCUT2D eigenvalue weighted by molar-refractivity contribution is -0.140. The Labute approximate surface area is 121 Å². The van der Waals surface area contributed by atoms with Gasteiger partial charge in [-0.3, -0.25) is 4.79 Å². The normalized spacial score (nSPS) is 31.9. The van der Waals surface area contributed by atoms with Crippen LogP contribution in [-0.2, 0) is 14.3 Å². The minimum absolute atomic E-state index is 0.0985. The standard InChI is InChI=1S/C17H26O3/c1-20-16(19)7-3-2-5-14-8-10-17(11-12-18)9-4-6-15(17)13-14/h4,9,12,14-15H,2-3,5-8,10-11,13H2,1H3/t14-,15-,17-/m1/s1. The van der Waals surface area contributed by atoms with Gasteiger partial charge in [-0.25, -0.2) is 0 Å². The summed E-state index contributed by atoms with van der Waals surface area (Å²) in [6.45, 7) is 0. The summed E-state index contributed by atoms with van der Waals surface area (Å²) in [7, 11) is 1.45. The third-order valence-corrected chi connectivity index (χ3v) is 5.25. The number of allylic oxidation sites excluding steroid dienone is 2. The Bertz CT molecular complexity index is 374. The van der Waals surface area contributed by atoms with Crippen LogP contribution in [-0.4, -0.2) is 19.4 Å². The topological polar surface area (TPSA) is 43.4 Å². The van der Waals surface area contributed by atoms with Gasteiger partial charge in [0.05, 0.1) is 7.11 Å². The van der Waals surface area contributed by atoms with Crippen molar-refractivity contribution < 1.29 is 14.3 Å². The molecule has 0 aromatic carbocycles. The molecule has 3 atom stereocenters. The van der Waals surface area contributed by atoms with Gasteiger partial charge in [0.15, 0.2) is 0 Å². The lowest BCUT2D eigenvalue weighted by atomic mass is 9.63. The molecule has 0 unspecified atom stereocenters. The third-order valence-electron chi connectivity index (χ3n) is 5.25. The molecule has 0 bridgehead atoms. The number of unbranched alkanes of at least 4 members (excludes halogenated alkanes) is 1. The molecule has 0 aromatic heterocycles. The van der Waals surface area contributed by atoms with Crippen molar-refractivity contribution in [3.05, 3.63) is 12.2 Å². The fourth-order valence-electron chi connectivity index (χ4n) is 4.01. The highest BCUT2D eigenvalue weighted by atomic mass is 16.5. The number of esters is 1. The predicted molar refractivity (Wildman–Crippen MR) is 78.2 cm³/mol. The third kappa shape index (κ3) is 3.50. The van der Waals surface area contributed by atoms with E-state index in [-0.39, 0.29) is 11.4 Å². The number of fused-ring (bicyclic) bond motifs is 1. The molecule has 0 amide bonds. The zero-order chi connectivity index (χ0) is 14.4. The largest absolute Gasteiger partial charge is 0.469 e. The van der Waals surface area contributed by atoms with Crippen LogP contribution < -0.4 is 0 Å². The second-order valence-electron chi connectivity index (χ2n) is 6.40. The van der Waals surface area contributed by atoms with Crippen molar-refractivity contribution in [2.45, 2.75) is 57.8 Å². The van der Waals surface area contributed by atoms with Crippen molar-refractivity contribution in [3.63, 3.8) is 0 Å². The molecule has 2 rings (SSSR count). The minimum atomic E-state index is -0.0985. The van der Waals surface area contributed by atoms with Gasteiger partial charge < -0.3 is 9.53 Å². The number of carbonyl (C=O) groups excluding carboxylic acids is 2. The van der Waals surface area contributed by atoms with E-state index >= 15 is 0 Å². The maximum Gasteiger partial charge on any atom is 0.305 e. The average molecular weight is 278 g/mol. The average Bonchev–Trinajstić information content (AvgIpc) is 2.86. The Morgan fingerprint density at radius 2 is 2.30 bits per heavy atom. The summed E-state index contributed by atoms with van der Waals surface area (Å²) in [5, 5.41) is 0. The molecule has 0 radical (unpaired) electrons. The van der Waals surface area contributed by atoms with E-state index in [1.54, 1.807) is 0 Å². The van der Waals surface area contributed by atoms with Crippen LogP contribution >= 0.6 is 0 Å². The van der Waals surface area contributed by atoms with Crippen molar-refractivity contribution in [1.29, 1.82) is 0 Å². The van der Waals surface area contributed by atoms with Crippen LogP contribution in [0.2, 0.25) is 0 Å². The zero-order valence-corrected chi connectivity index (χ0v) is 12.5. The number of hydrogen-bond acceptors (Lipinski definition) is 3. The number of aldehydes is 1. The molecular weight excluding hydrogens is 252 g/mol.